The van der Waals surface area contributed by atoms with Crippen molar-refractivity contribution in [3.63, 3.8) is 0 Å². The van der Waals surface area contributed by atoms with Gasteiger partial charge < -0.3 is 19.7 Å². The lowest BCUT2D eigenvalue weighted by Crippen LogP contribution is -2.48. The van der Waals surface area contributed by atoms with E-state index in [-0.39, 0.29) is 0 Å². The van der Waals surface area contributed by atoms with Crippen molar-refractivity contribution in [2.45, 2.75) is 77.8 Å². The maximum atomic E-state index is 11.1. The third-order valence-electron chi connectivity index (χ3n) is 4.70. The van der Waals surface area contributed by atoms with Crippen molar-refractivity contribution >= 4 is 27.0 Å². The topological polar surface area (TPSA) is 115 Å². The number of aliphatic hydroxyl groups excluding tert-OH is 2. The molecule has 0 saturated carbocycles. The van der Waals surface area contributed by atoms with Crippen LogP contribution in [-0.4, -0.2) is 69.8 Å². The number of imidazole rings is 1. The molecule has 0 radical (unpaired) electrons. The lowest BCUT2D eigenvalue weighted by Gasteiger charge is -2.35. The number of hydrogen-bond acceptors (Lipinski definition) is 8. The van der Waals surface area contributed by atoms with Crippen LogP contribution in [0, 0.1) is 5.41 Å². The van der Waals surface area contributed by atoms with Gasteiger partial charge in [0, 0.05) is 0 Å². The molecule has 0 spiro atoms. The summed E-state index contributed by atoms with van der Waals surface area (Å²) in [5, 5.41) is 22.0. The van der Waals surface area contributed by atoms with Gasteiger partial charge in [-0.2, -0.15) is 0 Å². The minimum absolute atomic E-state index is 0.451. The van der Waals surface area contributed by atoms with E-state index in [1.54, 1.807) is 10.9 Å². The summed E-state index contributed by atoms with van der Waals surface area (Å²) in [7, 11) is 1.42. The van der Waals surface area contributed by atoms with Gasteiger partial charge in [-0.05, 0) is 26.2 Å². The molecule has 1 saturated heterocycles. The molecular weight excluding hydrogens is 378 g/mol. The molecule has 0 aromatic carbocycles. The maximum Gasteiger partial charge on any atom is 0.173 e. The van der Waals surface area contributed by atoms with Gasteiger partial charge in [0.05, 0.1) is 28.1 Å². The molecule has 0 bridgehead atoms. The van der Waals surface area contributed by atoms with E-state index < -0.39 is 41.7 Å². The van der Waals surface area contributed by atoms with Crippen molar-refractivity contribution in [2.24, 2.45) is 10.0 Å². The second-order valence-corrected chi connectivity index (χ2v) is 9.48. The Morgan fingerprint density at radius 2 is 1.89 bits per heavy atom. The van der Waals surface area contributed by atoms with Gasteiger partial charge >= 0.3 is 0 Å². The Kier molecular flexibility index (Phi) is 5.54. The largest absolute Gasteiger partial charge is 0.390 e. The number of fused-ring (bicyclic) bond motifs is 1. The van der Waals surface area contributed by atoms with Crippen molar-refractivity contribution in [3.05, 3.63) is 12.7 Å². The van der Waals surface area contributed by atoms with Crippen LogP contribution in [-0.2, 0) is 9.47 Å². The number of aliphatic hydroxyl groups is 2. The van der Waals surface area contributed by atoms with Crippen LogP contribution in [0.1, 0.15) is 47.8 Å². The van der Waals surface area contributed by atoms with E-state index >= 15 is 0 Å². The van der Waals surface area contributed by atoms with Crippen LogP contribution in [0.2, 0.25) is 0 Å². The maximum absolute atomic E-state index is 11.1. The van der Waals surface area contributed by atoms with Crippen LogP contribution in [0.25, 0.3) is 11.2 Å². The molecule has 2 aromatic rings. The van der Waals surface area contributed by atoms with Crippen LogP contribution < -0.4 is 0 Å². The summed E-state index contributed by atoms with van der Waals surface area (Å²) in [5.74, 6) is 0.475. The average Bonchev–Trinajstić information content (AvgIpc) is 3.14. The molecule has 9 nitrogen and oxygen atoms in total. The zero-order valence-corrected chi connectivity index (χ0v) is 18.6. The predicted octanol–water partition coefficient (Wildman–Crippen LogP) is 1.12. The van der Waals surface area contributed by atoms with E-state index in [0.717, 1.165) is 0 Å². The third-order valence-corrected chi connectivity index (χ3v) is 5.00. The average molecular weight is 408 g/mol. The summed E-state index contributed by atoms with van der Waals surface area (Å²) in [6, 6.07) is 0. The SMILES string of the molecule is CC(C)(C)O[C@H]1[C@@H](O)[C@H](n2cnc3c(N=[SiH2])ncnc32)O[C@@H]1C(O)C(C)(C)C. The normalized spacial score (nSPS) is 27.3. The van der Waals surface area contributed by atoms with Crippen molar-refractivity contribution in [2.75, 3.05) is 0 Å². The molecule has 0 amide bonds. The molecule has 10 heteroatoms. The molecule has 2 aromatic heterocycles. The first kappa shape index (κ1) is 21.1. The third kappa shape index (κ3) is 3.92. The summed E-state index contributed by atoms with van der Waals surface area (Å²) in [6.07, 6.45) is -1.14. The first-order valence-electron chi connectivity index (χ1n) is 9.27. The van der Waals surface area contributed by atoms with Gasteiger partial charge in [-0.3, -0.25) is 9.20 Å². The Hall–Kier alpha value is -1.59. The van der Waals surface area contributed by atoms with Gasteiger partial charge in [-0.1, -0.05) is 20.8 Å². The highest BCUT2D eigenvalue weighted by molar-refractivity contribution is 5.96. The van der Waals surface area contributed by atoms with Gasteiger partial charge in [0.15, 0.2) is 23.2 Å². The summed E-state index contributed by atoms with van der Waals surface area (Å²) < 4.78 is 18.0. The molecule has 2 N–H and O–H groups in total. The zero-order valence-electron chi connectivity index (χ0n) is 17.2. The highest BCUT2D eigenvalue weighted by Gasteiger charge is 2.52. The van der Waals surface area contributed by atoms with Crippen molar-refractivity contribution in [1.82, 2.24) is 19.5 Å². The Bertz CT molecular complexity index is 860. The quantitative estimate of drug-likeness (QED) is 0.730. The van der Waals surface area contributed by atoms with E-state index in [9.17, 15) is 10.2 Å². The number of ether oxygens (including phenoxy) is 2. The molecule has 1 fully saturated rings. The monoisotopic (exact) mass is 407 g/mol. The van der Waals surface area contributed by atoms with Gasteiger partial charge in [0.25, 0.3) is 0 Å². The fraction of sp³-hybridized carbons (Fsp3) is 0.722. The van der Waals surface area contributed by atoms with Crippen molar-refractivity contribution in [1.29, 1.82) is 0 Å². The number of hydrogen-bond donors (Lipinski definition) is 2. The highest BCUT2D eigenvalue weighted by atomic mass is 28.1. The Morgan fingerprint density at radius 3 is 2.46 bits per heavy atom. The lowest BCUT2D eigenvalue weighted by atomic mass is 9.84. The van der Waals surface area contributed by atoms with Crippen LogP contribution in [0.5, 0.6) is 0 Å². The summed E-state index contributed by atoms with van der Waals surface area (Å²) >= 11 is 0. The fourth-order valence-corrected chi connectivity index (χ4v) is 3.57. The molecule has 28 heavy (non-hydrogen) atoms. The standard InChI is InChI=1S/C18H29N5O4Si/c1-17(2,3)13(25)12-11(27-18(4,5)6)10(24)16(26-12)23-8-21-9-14(22-28)19-7-20-15(9)23/h7-8,10-13,16,24-25H,28H2,1-6H3/t10-,11+,12+,13?,16-/m1/s1. The molecule has 0 aliphatic carbocycles. The summed E-state index contributed by atoms with van der Waals surface area (Å²) in [4.78, 5) is 12.7. The zero-order chi connectivity index (χ0) is 20.9. The van der Waals surface area contributed by atoms with E-state index in [0.29, 0.717) is 17.0 Å². The Labute approximate surface area is 167 Å². The molecule has 1 unspecified atom stereocenters. The molecule has 1 aliphatic rings. The van der Waals surface area contributed by atoms with Gasteiger partial charge in [0.2, 0.25) is 0 Å². The summed E-state index contributed by atoms with van der Waals surface area (Å²) in [6.45, 7) is 11.5. The first-order valence-corrected chi connectivity index (χ1v) is 9.91. The van der Waals surface area contributed by atoms with E-state index in [2.05, 4.69) is 19.6 Å². The minimum atomic E-state index is -1.02. The molecule has 3 rings (SSSR count). The van der Waals surface area contributed by atoms with E-state index in [1.165, 1.54) is 16.4 Å². The molecule has 3 heterocycles. The molecule has 1 aliphatic heterocycles. The summed E-state index contributed by atoms with van der Waals surface area (Å²) in [5.41, 5.74) is 0.0626. The van der Waals surface area contributed by atoms with Crippen LogP contribution >= 0.6 is 0 Å². The van der Waals surface area contributed by atoms with Crippen molar-refractivity contribution < 1.29 is 19.7 Å². The van der Waals surface area contributed by atoms with Gasteiger partial charge in [-0.25, -0.2) is 15.0 Å². The van der Waals surface area contributed by atoms with Crippen LogP contribution in [0.4, 0.5) is 5.82 Å². The Morgan fingerprint density at radius 1 is 1.21 bits per heavy atom. The fourth-order valence-electron chi connectivity index (χ4n) is 3.34. The minimum Gasteiger partial charge on any atom is -0.390 e. The van der Waals surface area contributed by atoms with E-state index in [4.69, 9.17) is 9.47 Å². The van der Waals surface area contributed by atoms with Crippen molar-refractivity contribution in [3.8, 4) is 0 Å². The molecular formula is C18H29N5O4Si. The second kappa shape index (κ2) is 7.34. The lowest BCUT2D eigenvalue weighted by molar-refractivity contribution is -0.153. The number of aromatic nitrogens is 4. The number of nitrogens with zero attached hydrogens (tertiary/aromatic N) is 5. The van der Waals surface area contributed by atoms with Gasteiger partial charge in [-0.15, -0.1) is 0 Å². The Balaban J connectivity index is 2.02. The smallest absolute Gasteiger partial charge is 0.173 e. The molecule has 5 atom stereocenters. The highest BCUT2D eigenvalue weighted by Crippen LogP contribution is 2.40. The van der Waals surface area contributed by atoms with Crippen LogP contribution in [0.3, 0.4) is 0 Å². The predicted molar refractivity (Wildman–Crippen MR) is 106 cm³/mol. The second-order valence-electron chi connectivity index (χ2n) is 9.17. The van der Waals surface area contributed by atoms with Crippen LogP contribution in [0.15, 0.2) is 17.3 Å². The molecule has 154 valence electrons. The first-order chi connectivity index (χ1) is 12.9. The van der Waals surface area contributed by atoms with Gasteiger partial charge in [0.1, 0.15) is 24.6 Å². The van der Waals surface area contributed by atoms with E-state index in [1.807, 2.05) is 41.5 Å². The number of rotatable bonds is 4.